The highest BCUT2D eigenvalue weighted by atomic mass is 79.9. The average Bonchev–Trinajstić information content (AvgIpc) is 2.49. The number of hydrogen-bond donors (Lipinski definition) is 0. The molecule has 21 heavy (non-hydrogen) atoms. The molecule has 7 heteroatoms. The van der Waals surface area contributed by atoms with E-state index in [0.29, 0.717) is 23.0 Å². The molecule has 0 amide bonds. The molecule has 0 saturated heterocycles. The highest BCUT2D eigenvalue weighted by molar-refractivity contribution is 9.10. The van der Waals surface area contributed by atoms with Crippen LogP contribution in [-0.2, 0) is 0 Å². The summed E-state index contributed by atoms with van der Waals surface area (Å²) in [6, 6.07) is 10.9. The summed E-state index contributed by atoms with van der Waals surface area (Å²) in [5, 5.41) is 0. The third kappa shape index (κ3) is 4.31. The Hall–Kier alpha value is -1.34. The Morgan fingerprint density at radius 2 is 1.14 bits per heavy atom. The van der Waals surface area contributed by atoms with Crippen molar-refractivity contribution in [2.45, 2.75) is 0 Å². The second-order valence-corrected chi connectivity index (χ2v) is 5.75. The largest absolute Gasteiger partial charge is 0.658 e. The van der Waals surface area contributed by atoms with Crippen LogP contribution in [0.2, 0.25) is 0 Å². The number of rotatable bonds is 6. The second kappa shape index (κ2) is 7.61. The van der Waals surface area contributed by atoms with Crippen LogP contribution < -0.4 is 18.8 Å². The molecule has 0 unspecified atom stereocenters. The van der Waals surface area contributed by atoms with Crippen molar-refractivity contribution in [2.75, 3.05) is 14.2 Å². The lowest BCUT2D eigenvalue weighted by Gasteiger charge is -2.12. The van der Waals surface area contributed by atoms with E-state index in [1.165, 1.54) is 7.69 Å². The van der Waals surface area contributed by atoms with Crippen LogP contribution in [0.15, 0.2) is 45.3 Å². The lowest BCUT2D eigenvalue weighted by Crippen LogP contribution is -2.12. The molecule has 0 aliphatic carbocycles. The van der Waals surface area contributed by atoms with Crippen molar-refractivity contribution >= 4 is 39.5 Å². The molecule has 0 atom stereocenters. The normalized spacial score (nSPS) is 9.90. The van der Waals surface area contributed by atoms with Gasteiger partial charge in [-0.15, -0.1) is 0 Å². The molecule has 0 heterocycles. The van der Waals surface area contributed by atoms with Gasteiger partial charge in [-0.25, -0.2) is 0 Å². The van der Waals surface area contributed by atoms with Gasteiger partial charge < -0.3 is 18.8 Å². The Morgan fingerprint density at radius 1 is 0.714 bits per heavy atom. The van der Waals surface area contributed by atoms with Gasteiger partial charge in [-0.3, -0.25) is 0 Å². The summed E-state index contributed by atoms with van der Waals surface area (Å²) < 4.78 is 23.2. The van der Waals surface area contributed by atoms with Crippen LogP contribution in [0.25, 0.3) is 0 Å². The summed E-state index contributed by atoms with van der Waals surface area (Å²) in [4.78, 5) is 0. The van der Waals surface area contributed by atoms with Crippen molar-refractivity contribution in [2.24, 2.45) is 0 Å². The van der Waals surface area contributed by atoms with Crippen LogP contribution in [0.3, 0.4) is 0 Å². The van der Waals surface area contributed by atoms with Gasteiger partial charge in [0.05, 0.1) is 14.2 Å². The van der Waals surface area contributed by atoms with Gasteiger partial charge in [-0.05, 0) is 36.4 Å². The van der Waals surface area contributed by atoms with E-state index >= 15 is 0 Å². The quantitative estimate of drug-likeness (QED) is 0.663. The van der Waals surface area contributed by atoms with E-state index < -0.39 is 0 Å². The van der Waals surface area contributed by atoms with E-state index in [1.807, 2.05) is 24.3 Å². The summed E-state index contributed by atoms with van der Waals surface area (Å²) >= 11 is 6.74. The monoisotopic (exact) mass is 413 g/mol. The van der Waals surface area contributed by atoms with E-state index in [-0.39, 0.29) is 0 Å². The average molecular weight is 415 g/mol. The third-order valence-electron chi connectivity index (χ3n) is 2.60. The summed E-state index contributed by atoms with van der Waals surface area (Å²) in [5.74, 6) is 2.31. The number of halogens is 2. The van der Waals surface area contributed by atoms with Gasteiger partial charge in [0, 0.05) is 8.95 Å². The van der Waals surface area contributed by atoms with E-state index in [4.69, 9.17) is 18.8 Å². The minimum atomic E-state index is 0.553. The lowest BCUT2D eigenvalue weighted by molar-refractivity contribution is 0.370. The number of benzene rings is 2. The molecule has 2 rings (SSSR count). The Kier molecular flexibility index (Phi) is 5.81. The zero-order chi connectivity index (χ0) is 15.2. The standard InChI is InChI=1S/C14H12BBr2O4/c1-18-13-7-9(16)3-5-11(13)20-15-21-12-6-4-10(17)8-14(12)19-2/h3-8H,1-2H3. The van der Waals surface area contributed by atoms with E-state index in [0.717, 1.165) is 8.95 Å². The van der Waals surface area contributed by atoms with Crippen molar-refractivity contribution in [3.63, 3.8) is 0 Å². The molecule has 0 bridgehead atoms. The van der Waals surface area contributed by atoms with Crippen molar-refractivity contribution in [3.05, 3.63) is 45.3 Å². The molecule has 0 N–H and O–H groups in total. The van der Waals surface area contributed by atoms with Crippen LogP contribution in [-0.4, -0.2) is 21.9 Å². The molecule has 0 aliphatic rings. The van der Waals surface area contributed by atoms with Crippen molar-refractivity contribution in [3.8, 4) is 23.0 Å². The van der Waals surface area contributed by atoms with Gasteiger partial charge in [-0.2, -0.15) is 0 Å². The predicted molar refractivity (Wildman–Crippen MR) is 88.4 cm³/mol. The molecule has 0 spiro atoms. The Bertz CT molecular complexity index is 568. The highest BCUT2D eigenvalue weighted by Crippen LogP contribution is 2.32. The van der Waals surface area contributed by atoms with Crippen molar-refractivity contribution in [1.82, 2.24) is 0 Å². The smallest absolute Gasteiger partial charge is 0.524 e. The molecule has 0 saturated carbocycles. The SMILES string of the molecule is COc1cc(Br)ccc1O[B]Oc1ccc(Br)cc1OC. The van der Waals surface area contributed by atoms with Gasteiger partial charge in [0.2, 0.25) is 0 Å². The fourth-order valence-corrected chi connectivity index (χ4v) is 2.29. The van der Waals surface area contributed by atoms with E-state index in [9.17, 15) is 0 Å². The second-order valence-electron chi connectivity index (χ2n) is 3.92. The maximum Gasteiger partial charge on any atom is 0.658 e. The van der Waals surface area contributed by atoms with Crippen LogP contribution in [0.5, 0.6) is 23.0 Å². The topological polar surface area (TPSA) is 36.9 Å². The Balaban J connectivity index is 2.02. The Morgan fingerprint density at radius 3 is 1.52 bits per heavy atom. The van der Waals surface area contributed by atoms with Gasteiger partial charge >= 0.3 is 7.69 Å². The summed E-state index contributed by atoms with van der Waals surface area (Å²) in [6.07, 6.45) is 0. The maximum absolute atomic E-state index is 5.46. The van der Waals surface area contributed by atoms with Gasteiger partial charge in [0.25, 0.3) is 0 Å². The molecule has 0 fully saturated rings. The molecule has 109 valence electrons. The minimum Gasteiger partial charge on any atom is -0.524 e. The van der Waals surface area contributed by atoms with Crippen LogP contribution >= 0.6 is 31.9 Å². The van der Waals surface area contributed by atoms with Gasteiger partial charge in [-0.1, -0.05) is 31.9 Å². The van der Waals surface area contributed by atoms with E-state index in [2.05, 4.69) is 31.9 Å². The number of ether oxygens (including phenoxy) is 2. The first kappa shape index (κ1) is 16.0. The van der Waals surface area contributed by atoms with Crippen LogP contribution in [0.1, 0.15) is 0 Å². The molecular weight excluding hydrogens is 403 g/mol. The van der Waals surface area contributed by atoms with E-state index in [1.54, 1.807) is 26.4 Å². The minimum absolute atomic E-state index is 0.553. The number of hydrogen-bond acceptors (Lipinski definition) is 4. The van der Waals surface area contributed by atoms with Crippen LogP contribution in [0, 0.1) is 0 Å². The summed E-state index contributed by atoms with van der Waals surface area (Å²) in [6.45, 7) is 0. The first-order chi connectivity index (χ1) is 10.1. The Labute approximate surface area is 140 Å². The molecule has 2 aromatic carbocycles. The molecule has 0 aromatic heterocycles. The fourth-order valence-electron chi connectivity index (χ4n) is 1.61. The first-order valence-corrected chi connectivity index (χ1v) is 7.54. The van der Waals surface area contributed by atoms with Crippen LogP contribution in [0.4, 0.5) is 0 Å². The third-order valence-corrected chi connectivity index (χ3v) is 3.59. The zero-order valence-corrected chi connectivity index (χ0v) is 14.6. The molecular formula is C14H12BBr2O4. The van der Waals surface area contributed by atoms with Crippen molar-refractivity contribution in [1.29, 1.82) is 0 Å². The molecule has 4 nitrogen and oxygen atoms in total. The van der Waals surface area contributed by atoms with Crippen molar-refractivity contribution < 1.29 is 18.8 Å². The van der Waals surface area contributed by atoms with Gasteiger partial charge in [0.15, 0.2) is 11.5 Å². The molecule has 1 radical (unpaired) electrons. The lowest BCUT2D eigenvalue weighted by atomic mass is 10.2. The fraction of sp³-hybridized carbons (Fsp3) is 0.143. The first-order valence-electron chi connectivity index (χ1n) is 5.96. The summed E-state index contributed by atoms with van der Waals surface area (Å²) in [7, 11) is 4.39. The number of methoxy groups -OCH3 is 2. The summed E-state index contributed by atoms with van der Waals surface area (Å²) in [5.41, 5.74) is 0. The van der Waals surface area contributed by atoms with Gasteiger partial charge in [0.1, 0.15) is 11.5 Å². The zero-order valence-electron chi connectivity index (χ0n) is 11.4. The molecule has 2 aromatic rings. The molecule has 0 aliphatic heterocycles. The maximum atomic E-state index is 5.46. The highest BCUT2D eigenvalue weighted by Gasteiger charge is 2.10. The predicted octanol–water partition coefficient (Wildman–Crippen LogP) is 4.22.